The highest BCUT2D eigenvalue weighted by Gasteiger charge is 2.58. The lowest BCUT2D eigenvalue weighted by molar-refractivity contribution is -0.753. The normalized spacial score (nSPS) is 16.0. The molecule has 64 heavy (non-hydrogen) atoms. The molecule has 0 radical (unpaired) electrons. The first-order chi connectivity index (χ1) is 29.4. The Labute approximate surface area is 375 Å². The van der Waals surface area contributed by atoms with E-state index in [2.05, 4.69) is 30.4 Å². The number of aryl methyl sites for hydroxylation is 2. The molecule has 2 aromatic heterocycles. The van der Waals surface area contributed by atoms with Crippen molar-refractivity contribution in [2.24, 2.45) is 12.2 Å². The molecule has 1 aromatic carbocycles. The Hall–Kier alpha value is -5.85. The average molecular weight is 938 g/mol. The van der Waals surface area contributed by atoms with Gasteiger partial charge in [0.25, 0.3) is 17.9 Å². The number of β-lactam (4-membered cyclic amide) rings is 1. The van der Waals surface area contributed by atoms with E-state index in [-0.39, 0.29) is 10.8 Å². The maximum Gasteiger partial charge on any atom is 0.418 e. The lowest BCUT2D eigenvalue weighted by Gasteiger charge is -2.50. The number of anilines is 1. The van der Waals surface area contributed by atoms with Gasteiger partial charge in [0.15, 0.2) is 17.9 Å². The monoisotopic (exact) mass is 937 g/mol. The molecule has 3 heterocycles. The van der Waals surface area contributed by atoms with Gasteiger partial charge in [-0.15, -0.1) is 20.3 Å². The molecule has 0 spiro atoms. The van der Waals surface area contributed by atoms with Crippen LogP contribution in [-0.4, -0.2) is 111 Å². The van der Waals surface area contributed by atoms with Crippen molar-refractivity contribution in [1.29, 1.82) is 0 Å². The van der Waals surface area contributed by atoms with Crippen molar-refractivity contribution in [2.45, 2.75) is 124 Å². The molecule has 0 aliphatic carbocycles. The van der Waals surface area contributed by atoms with E-state index in [0.29, 0.717) is 30.3 Å². The highest BCUT2D eigenvalue weighted by molar-refractivity contribution is 7.80. The number of nitrogens with one attached hydrogen (secondary N) is 3. The number of hydrogen-bond donors (Lipinski definition) is 4. The fourth-order valence-corrected chi connectivity index (χ4v) is 6.81. The van der Waals surface area contributed by atoms with Gasteiger partial charge in [-0.25, -0.2) is 19.4 Å². The topological polar surface area (TPSA) is 268 Å². The first kappa shape index (κ1) is 50.8. The van der Waals surface area contributed by atoms with Crippen LogP contribution in [0.4, 0.5) is 14.7 Å². The second-order valence-corrected chi connectivity index (χ2v) is 19.9. The second kappa shape index (κ2) is 19.9. The van der Waals surface area contributed by atoms with Gasteiger partial charge < -0.3 is 34.4 Å². The number of amides is 4. The summed E-state index contributed by atoms with van der Waals surface area (Å²) in [4.78, 5) is 74.6. The molecule has 1 saturated heterocycles. The molecule has 0 bridgehead atoms. The second-order valence-electron chi connectivity index (χ2n) is 18.0. The molecule has 352 valence electrons. The largest absolute Gasteiger partial charge is 0.489 e. The number of hydrogen-bond acceptors (Lipinski definition) is 16. The molecule has 4 N–H and O–H groups in total. The summed E-state index contributed by atoms with van der Waals surface area (Å²) < 4.78 is 62.2. The van der Waals surface area contributed by atoms with Crippen molar-refractivity contribution in [1.82, 2.24) is 25.4 Å². The van der Waals surface area contributed by atoms with Crippen LogP contribution < -0.4 is 25.4 Å². The first-order valence-electron chi connectivity index (χ1n) is 19.9. The molecule has 1 fully saturated rings. The molecule has 2 atom stereocenters. The molecule has 1 unspecified atom stereocenters. The van der Waals surface area contributed by atoms with E-state index in [4.69, 9.17) is 28.3 Å². The molecule has 22 nitrogen and oxygen atoms in total. The van der Waals surface area contributed by atoms with E-state index in [9.17, 15) is 32.4 Å². The fraction of sp³-hybridized carbons (Fsp3) is 0.550. The van der Waals surface area contributed by atoms with Gasteiger partial charge in [-0.2, -0.15) is 18.2 Å². The lowest BCUT2D eigenvalue weighted by Crippen LogP contribution is -2.76. The van der Waals surface area contributed by atoms with E-state index in [1.807, 2.05) is 40.9 Å². The number of alkyl carbamates (subject to hydrolysis) is 1. The summed E-state index contributed by atoms with van der Waals surface area (Å²) in [6.07, 6.45) is 1.69. The van der Waals surface area contributed by atoms with Crippen molar-refractivity contribution >= 4 is 62.5 Å². The number of aromatic nitrogens is 3. The van der Waals surface area contributed by atoms with Crippen LogP contribution >= 0.6 is 11.3 Å². The number of carbonyl (C=O) groups is 5. The van der Waals surface area contributed by atoms with Crippen molar-refractivity contribution in [3.05, 3.63) is 47.7 Å². The number of hydroxylamine groups is 2. The summed E-state index contributed by atoms with van der Waals surface area (Å²) in [6, 6.07) is 5.62. The van der Waals surface area contributed by atoms with Gasteiger partial charge in [-0.1, -0.05) is 17.3 Å². The smallest absolute Gasteiger partial charge is 0.418 e. The number of rotatable bonds is 17. The van der Waals surface area contributed by atoms with Gasteiger partial charge in [0.2, 0.25) is 6.20 Å². The number of esters is 1. The van der Waals surface area contributed by atoms with Gasteiger partial charge in [-0.05, 0) is 100 Å². The summed E-state index contributed by atoms with van der Waals surface area (Å²) in [5, 5.41) is 13.3. The van der Waals surface area contributed by atoms with E-state index < -0.39 is 87.2 Å². The van der Waals surface area contributed by atoms with Gasteiger partial charge >= 0.3 is 28.6 Å². The Bertz CT molecular complexity index is 2320. The van der Waals surface area contributed by atoms with Crippen LogP contribution in [0, 0.1) is 0 Å². The van der Waals surface area contributed by atoms with Crippen LogP contribution in [-0.2, 0) is 61.7 Å². The van der Waals surface area contributed by atoms with E-state index >= 15 is 0 Å². The zero-order valence-electron chi connectivity index (χ0n) is 37.8. The lowest BCUT2D eigenvalue weighted by atomic mass is 9.84. The van der Waals surface area contributed by atoms with E-state index in [0.717, 1.165) is 22.5 Å². The van der Waals surface area contributed by atoms with Crippen LogP contribution in [0.15, 0.2) is 47.2 Å². The minimum absolute atomic E-state index is 0.00841. The van der Waals surface area contributed by atoms with Crippen LogP contribution in [0.25, 0.3) is 11.1 Å². The Morgan fingerprint density at radius 1 is 0.953 bits per heavy atom. The highest BCUT2D eigenvalue weighted by Crippen LogP contribution is 2.33. The van der Waals surface area contributed by atoms with Crippen LogP contribution in [0.1, 0.15) is 88.3 Å². The molecule has 4 rings (SSSR count). The highest BCUT2D eigenvalue weighted by atomic mass is 32.3. The molecule has 0 saturated carbocycles. The number of thiazole rings is 1. The molecule has 24 heteroatoms. The third-order valence-corrected chi connectivity index (χ3v) is 9.57. The van der Waals surface area contributed by atoms with E-state index in [1.165, 1.54) is 19.2 Å². The van der Waals surface area contributed by atoms with Crippen molar-refractivity contribution in [3.63, 3.8) is 0 Å². The van der Waals surface area contributed by atoms with E-state index in [1.54, 1.807) is 74.4 Å². The van der Waals surface area contributed by atoms with Gasteiger partial charge in [-0.3, -0.25) is 19.5 Å². The third kappa shape index (κ3) is 15.2. The quantitative estimate of drug-likeness (QED) is 0.0217. The van der Waals surface area contributed by atoms with Crippen LogP contribution in [0.5, 0.6) is 5.75 Å². The minimum atomic E-state index is -5.08. The molecular formula is C40H57N8O14S2+. The zero-order chi connectivity index (χ0) is 48.0. The summed E-state index contributed by atoms with van der Waals surface area (Å²) in [7, 11) is -3.19. The molecule has 3 aromatic rings. The third-order valence-electron chi connectivity index (χ3n) is 8.47. The van der Waals surface area contributed by atoms with Crippen molar-refractivity contribution in [2.75, 3.05) is 18.5 Å². The van der Waals surface area contributed by atoms with Gasteiger partial charge in [0.05, 0.1) is 23.8 Å². The zero-order valence-corrected chi connectivity index (χ0v) is 39.5. The SMILES string of the molecule is C[n+]1cc(-c2ccc(OCC(O/N=C(\C(=O)N[C@@H]3C(=O)N(OS(=O)(=O)O)C3(C)C)c3csc(NC(=O)OC(C)(C)C)n3)C(=O)OC(C)(C)C)cc2)cn1CCCNC(=O)OC(C)(C)C. The molecule has 1 aliphatic rings. The summed E-state index contributed by atoms with van der Waals surface area (Å²) in [5.41, 5.74) is -2.86. The Kier molecular flexibility index (Phi) is 15.8. The minimum Gasteiger partial charge on any atom is -0.489 e. The fourth-order valence-electron chi connectivity index (χ4n) is 5.67. The van der Waals surface area contributed by atoms with Gasteiger partial charge in [0.1, 0.15) is 40.9 Å². The predicted molar refractivity (Wildman–Crippen MR) is 230 cm³/mol. The van der Waals surface area contributed by atoms with Crippen LogP contribution in [0.2, 0.25) is 0 Å². The number of benzene rings is 1. The van der Waals surface area contributed by atoms with Crippen molar-refractivity contribution < 1.29 is 69.7 Å². The number of carbonyl (C=O) groups excluding carboxylic acids is 5. The number of oxime groups is 1. The number of nitrogens with zero attached hydrogens (tertiary/aromatic N) is 5. The average Bonchev–Trinajstić information content (AvgIpc) is 3.75. The molecule has 1 aliphatic heterocycles. The predicted octanol–water partition coefficient (Wildman–Crippen LogP) is 4.05. The standard InChI is InChI=1S/C40H56N8O14S2/c1-37(2,3)58-33(51)28(22-57-26-16-14-24(15-17-26)25-20-46(12)47(21-25)19-13-18-41-35(52)59-38(4,5)6)61-45-29(27-23-63-34(42-27)44-36(53)60-39(7,8)9)31(49)43-30-32(50)48(40(30,10)11)62-64(54,55)56/h14-17,20-21,23,28,30H,13,18-19,22H2,1-12H3,(H3-,41,42,43,44,49,52,53,54,55,56)/p+1/b45-29-/t28?,30-/m1/s1. The first-order valence-corrected chi connectivity index (χ1v) is 22.2. The Balaban J connectivity index is 1.53. The summed E-state index contributed by atoms with van der Waals surface area (Å²) in [6.45, 7) is 18.6. The maximum absolute atomic E-state index is 13.9. The maximum atomic E-state index is 13.9. The van der Waals surface area contributed by atoms with Gasteiger partial charge in [0, 0.05) is 11.9 Å². The summed E-state index contributed by atoms with van der Waals surface area (Å²) in [5.74, 6) is -2.64. The summed E-state index contributed by atoms with van der Waals surface area (Å²) >= 11 is 0.893. The number of ether oxygens (including phenoxy) is 4. The van der Waals surface area contributed by atoms with Crippen molar-refractivity contribution in [3.8, 4) is 16.9 Å². The molecule has 4 amide bonds. The Morgan fingerprint density at radius 3 is 2.14 bits per heavy atom. The molecular weight excluding hydrogens is 881 g/mol. The van der Waals surface area contributed by atoms with Crippen LogP contribution in [0.3, 0.4) is 0 Å². The Morgan fingerprint density at radius 2 is 1.56 bits per heavy atom.